The second-order valence-electron chi connectivity index (χ2n) is 5.16. The Morgan fingerprint density at radius 1 is 1.22 bits per heavy atom. The second-order valence-corrected chi connectivity index (χ2v) is 5.16. The van der Waals surface area contributed by atoms with Crippen molar-refractivity contribution in [2.45, 2.75) is 37.9 Å². The molecule has 18 heavy (non-hydrogen) atoms. The third-order valence-electron chi connectivity index (χ3n) is 3.90. The number of hydrogen-bond donors (Lipinski definition) is 0. The first-order valence-corrected chi connectivity index (χ1v) is 6.32. The monoisotopic (exact) mass is 265 g/mol. The summed E-state index contributed by atoms with van der Waals surface area (Å²) < 4.78 is 42.4. The van der Waals surface area contributed by atoms with E-state index in [1.165, 1.54) is 7.11 Å². The Labute approximate surface area is 104 Å². The normalized spacial score (nSPS) is 24.9. The molecule has 104 valence electrons. The molecule has 0 amide bonds. The molecule has 1 aliphatic heterocycles. The van der Waals surface area contributed by atoms with Gasteiger partial charge in [-0.05, 0) is 44.7 Å². The number of carbonyl (C=O) groups excluding carboxylic acids is 1. The molecule has 2 aliphatic rings. The van der Waals surface area contributed by atoms with Crippen molar-refractivity contribution in [1.82, 2.24) is 4.90 Å². The van der Waals surface area contributed by atoms with Gasteiger partial charge in [0.15, 0.2) is 0 Å². The van der Waals surface area contributed by atoms with Crippen LogP contribution >= 0.6 is 0 Å². The fourth-order valence-electron chi connectivity index (χ4n) is 2.68. The molecule has 3 nitrogen and oxygen atoms in total. The lowest BCUT2D eigenvalue weighted by Crippen LogP contribution is -2.49. The molecule has 0 aromatic rings. The van der Waals surface area contributed by atoms with Gasteiger partial charge >= 0.3 is 12.1 Å². The van der Waals surface area contributed by atoms with Crippen LogP contribution in [0.2, 0.25) is 0 Å². The van der Waals surface area contributed by atoms with E-state index >= 15 is 0 Å². The lowest BCUT2D eigenvalue weighted by atomic mass is 9.94. The van der Waals surface area contributed by atoms with E-state index in [0.717, 1.165) is 12.8 Å². The molecule has 0 spiro atoms. The summed E-state index contributed by atoms with van der Waals surface area (Å²) in [6, 6.07) is -0.329. The second kappa shape index (κ2) is 5.07. The molecule has 0 bridgehead atoms. The lowest BCUT2D eigenvalue weighted by molar-refractivity contribution is -0.187. The van der Waals surface area contributed by atoms with Gasteiger partial charge in [-0.2, -0.15) is 13.2 Å². The largest absolute Gasteiger partial charge is 0.468 e. The summed E-state index contributed by atoms with van der Waals surface area (Å²) in [5, 5.41) is 0. The van der Waals surface area contributed by atoms with Crippen molar-refractivity contribution < 1.29 is 22.7 Å². The molecule has 0 aromatic carbocycles. The summed E-state index contributed by atoms with van der Waals surface area (Å²) in [7, 11) is 1.33. The van der Waals surface area contributed by atoms with Crippen molar-refractivity contribution in [2.75, 3.05) is 20.2 Å². The average molecular weight is 265 g/mol. The van der Waals surface area contributed by atoms with Gasteiger partial charge in [-0.3, -0.25) is 9.69 Å². The van der Waals surface area contributed by atoms with Crippen molar-refractivity contribution in [3.05, 3.63) is 0 Å². The number of halogens is 3. The highest BCUT2D eigenvalue weighted by Crippen LogP contribution is 2.39. The first-order valence-electron chi connectivity index (χ1n) is 6.32. The van der Waals surface area contributed by atoms with Crippen molar-refractivity contribution in [3.8, 4) is 0 Å². The van der Waals surface area contributed by atoms with Gasteiger partial charge in [-0.1, -0.05) is 0 Å². The molecular formula is C12H18F3NO2. The van der Waals surface area contributed by atoms with Crippen LogP contribution in [0.15, 0.2) is 0 Å². The Kier molecular flexibility index (Phi) is 3.84. The Balaban J connectivity index is 1.93. The maximum absolute atomic E-state index is 12.6. The van der Waals surface area contributed by atoms with Gasteiger partial charge in [0, 0.05) is 0 Å². The van der Waals surface area contributed by atoms with Crippen molar-refractivity contribution in [2.24, 2.45) is 11.8 Å². The lowest BCUT2D eigenvalue weighted by Gasteiger charge is -2.36. The minimum atomic E-state index is -4.10. The first-order chi connectivity index (χ1) is 8.43. The van der Waals surface area contributed by atoms with Crippen LogP contribution in [0.3, 0.4) is 0 Å². The van der Waals surface area contributed by atoms with Crippen molar-refractivity contribution in [3.63, 3.8) is 0 Å². The number of ether oxygens (including phenoxy) is 1. The number of alkyl halides is 3. The van der Waals surface area contributed by atoms with Gasteiger partial charge in [0.05, 0.1) is 13.0 Å². The van der Waals surface area contributed by atoms with Gasteiger partial charge < -0.3 is 4.74 Å². The SMILES string of the molecule is COC(=O)C(C1CC1)N1CCC(C(F)(F)F)CC1. The molecule has 0 radical (unpaired) electrons. The summed E-state index contributed by atoms with van der Waals surface area (Å²) in [5.74, 6) is -1.24. The van der Waals surface area contributed by atoms with Crippen LogP contribution in [0, 0.1) is 11.8 Å². The van der Waals surface area contributed by atoms with E-state index < -0.39 is 12.1 Å². The molecule has 1 aliphatic carbocycles. The number of rotatable bonds is 3. The zero-order chi connectivity index (χ0) is 13.3. The number of methoxy groups -OCH3 is 1. The van der Waals surface area contributed by atoms with Crippen LogP contribution in [0.4, 0.5) is 13.2 Å². The number of hydrogen-bond acceptors (Lipinski definition) is 3. The van der Waals surface area contributed by atoms with Gasteiger partial charge in [-0.25, -0.2) is 0 Å². The Bertz CT molecular complexity index is 307. The highest BCUT2D eigenvalue weighted by atomic mass is 19.4. The number of piperidine rings is 1. The molecule has 1 saturated carbocycles. The van der Waals surface area contributed by atoms with Crippen molar-refractivity contribution in [1.29, 1.82) is 0 Å². The molecular weight excluding hydrogens is 247 g/mol. The molecule has 0 N–H and O–H groups in total. The predicted molar refractivity (Wildman–Crippen MR) is 58.9 cm³/mol. The summed E-state index contributed by atoms with van der Waals surface area (Å²) in [6.07, 6.45) is -1.99. The van der Waals surface area contributed by atoms with Gasteiger partial charge in [-0.15, -0.1) is 0 Å². The molecule has 1 heterocycles. The predicted octanol–water partition coefficient (Wildman–Crippen LogP) is 2.21. The Morgan fingerprint density at radius 3 is 2.17 bits per heavy atom. The van der Waals surface area contributed by atoms with Crippen LogP contribution in [-0.4, -0.2) is 43.3 Å². The molecule has 2 rings (SSSR count). The van der Waals surface area contributed by atoms with Gasteiger partial charge in [0.2, 0.25) is 0 Å². The van der Waals surface area contributed by atoms with Gasteiger partial charge in [0.25, 0.3) is 0 Å². The molecule has 1 unspecified atom stereocenters. The van der Waals surface area contributed by atoms with E-state index in [2.05, 4.69) is 0 Å². The van der Waals surface area contributed by atoms with E-state index in [9.17, 15) is 18.0 Å². The smallest absolute Gasteiger partial charge is 0.391 e. The van der Waals surface area contributed by atoms with E-state index in [1.807, 2.05) is 4.90 Å². The zero-order valence-electron chi connectivity index (χ0n) is 10.4. The van der Waals surface area contributed by atoms with Crippen molar-refractivity contribution >= 4 is 5.97 Å². The van der Waals surface area contributed by atoms with E-state index in [4.69, 9.17) is 4.74 Å². The number of esters is 1. The summed E-state index contributed by atoms with van der Waals surface area (Å²) in [5.41, 5.74) is 0. The third-order valence-corrected chi connectivity index (χ3v) is 3.90. The molecule has 1 atom stereocenters. The average Bonchev–Trinajstić information content (AvgIpc) is 3.13. The first kappa shape index (κ1) is 13.6. The fourth-order valence-corrected chi connectivity index (χ4v) is 2.68. The molecule has 1 saturated heterocycles. The van der Waals surface area contributed by atoms with Crippen LogP contribution < -0.4 is 0 Å². The van der Waals surface area contributed by atoms with E-state index in [-0.39, 0.29) is 30.8 Å². The molecule has 6 heteroatoms. The number of carbonyl (C=O) groups is 1. The number of likely N-dealkylation sites (tertiary alicyclic amines) is 1. The highest BCUT2D eigenvalue weighted by molar-refractivity contribution is 5.76. The van der Waals surface area contributed by atoms with E-state index in [1.54, 1.807) is 0 Å². The van der Waals surface area contributed by atoms with Crippen LogP contribution in [0.1, 0.15) is 25.7 Å². The van der Waals surface area contributed by atoms with Crippen LogP contribution in [-0.2, 0) is 9.53 Å². The minimum absolute atomic E-state index is 0.0870. The van der Waals surface area contributed by atoms with Crippen LogP contribution in [0.5, 0.6) is 0 Å². The number of nitrogens with zero attached hydrogens (tertiary/aromatic N) is 1. The molecule has 2 fully saturated rings. The summed E-state index contributed by atoms with van der Waals surface area (Å²) >= 11 is 0. The fraction of sp³-hybridized carbons (Fsp3) is 0.917. The quantitative estimate of drug-likeness (QED) is 0.733. The van der Waals surface area contributed by atoms with Gasteiger partial charge in [0.1, 0.15) is 6.04 Å². The Morgan fingerprint density at radius 2 is 1.78 bits per heavy atom. The summed E-state index contributed by atoms with van der Waals surface area (Å²) in [4.78, 5) is 13.6. The topological polar surface area (TPSA) is 29.5 Å². The maximum Gasteiger partial charge on any atom is 0.391 e. The van der Waals surface area contributed by atoms with Crippen LogP contribution in [0.25, 0.3) is 0 Å². The third kappa shape index (κ3) is 2.96. The Hall–Kier alpha value is -0.780. The molecule has 0 aromatic heterocycles. The van der Waals surface area contributed by atoms with E-state index in [0.29, 0.717) is 13.1 Å². The maximum atomic E-state index is 12.6. The summed E-state index contributed by atoms with van der Waals surface area (Å²) in [6.45, 7) is 0.668. The zero-order valence-corrected chi connectivity index (χ0v) is 10.4. The minimum Gasteiger partial charge on any atom is -0.468 e. The standard InChI is InChI=1S/C12H18F3NO2/c1-18-11(17)10(8-2-3-8)16-6-4-9(5-7-16)12(13,14)15/h8-10H,2-7H2,1H3. The highest BCUT2D eigenvalue weighted by Gasteiger charge is 2.46.